The number of carbonyl (C=O) groups is 4. The number of hydrogen-bond acceptors (Lipinski definition) is 11. The molecule has 3 saturated carbocycles. The van der Waals surface area contributed by atoms with E-state index in [1.54, 1.807) is 20.8 Å². The Balaban J connectivity index is 2.06. The van der Waals surface area contributed by atoms with Crippen molar-refractivity contribution in [2.75, 3.05) is 0 Å². The molecule has 1 aliphatic heterocycles. The molecule has 3 fully saturated rings. The lowest BCUT2D eigenvalue weighted by Gasteiger charge is -2.71. The minimum atomic E-state index is -2.21. The van der Waals surface area contributed by atoms with Gasteiger partial charge in [-0.05, 0) is 31.1 Å². The van der Waals surface area contributed by atoms with Crippen molar-refractivity contribution in [3.63, 3.8) is 0 Å². The van der Waals surface area contributed by atoms with Gasteiger partial charge in [-0.15, -0.1) is 0 Å². The normalized spacial score (nSPS) is 45.8. The summed E-state index contributed by atoms with van der Waals surface area (Å²) in [5.41, 5.74) is -6.59. The Morgan fingerprint density at radius 1 is 0.946 bits per heavy atom. The molecule has 4 rings (SSSR count). The molecule has 0 aromatic rings. The fourth-order valence-corrected chi connectivity index (χ4v) is 7.94. The topological polar surface area (TPSA) is 166 Å². The van der Waals surface area contributed by atoms with Gasteiger partial charge in [0, 0.05) is 50.2 Å². The Hall–Kier alpha value is -2.50. The zero-order chi connectivity index (χ0) is 27.9. The van der Waals surface area contributed by atoms with E-state index in [9.17, 15) is 34.5 Å². The summed E-state index contributed by atoms with van der Waals surface area (Å²) in [6.07, 6.45) is -2.42. The molecule has 0 aromatic carbocycles. The van der Waals surface area contributed by atoms with Gasteiger partial charge in [0.05, 0.1) is 5.60 Å². The lowest BCUT2D eigenvalue weighted by Crippen LogP contribution is -2.82. The van der Waals surface area contributed by atoms with Crippen LogP contribution in [0.5, 0.6) is 0 Å². The van der Waals surface area contributed by atoms with Gasteiger partial charge >= 0.3 is 23.9 Å². The first-order valence-electron chi connectivity index (χ1n) is 12.5. The molecule has 0 bridgehead atoms. The van der Waals surface area contributed by atoms with Gasteiger partial charge in [0.2, 0.25) is 5.79 Å². The third-order valence-corrected chi connectivity index (χ3v) is 9.37. The van der Waals surface area contributed by atoms with Crippen molar-refractivity contribution in [2.45, 2.75) is 103 Å². The molecule has 2 unspecified atom stereocenters. The molecule has 11 nitrogen and oxygen atoms in total. The van der Waals surface area contributed by atoms with E-state index in [1.165, 1.54) is 13.8 Å². The molecule has 3 N–H and O–H groups in total. The maximum atomic E-state index is 12.8. The number of aliphatic hydroxyl groups is 3. The van der Waals surface area contributed by atoms with Crippen molar-refractivity contribution in [3.05, 3.63) is 11.6 Å². The van der Waals surface area contributed by atoms with Crippen molar-refractivity contribution >= 4 is 23.9 Å². The predicted molar refractivity (Wildman–Crippen MR) is 124 cm³/mol. The van der Waals surface area contributed by atoms with Crippen LogP contribution in [-0.4, -0.2) is 74.5 Å². The van der Waals surface area contributed by atoms with Crippen LogP contribution in [0.4, 0.5) is 0 Å². The van der Waals surface area contributed by atoms with Crippen molar-refractivity contribution < 1.29 is 53.4 Å². The molecule has 0 amide bonds. The highest BCUT2D eigenvalue weighted by atomic mass is 16.7. The first-order valence-corrected chi connectivity index (χ1v) is 12.5. The van der Waals surface area contributed by atoms with Gasteiger partial charge in [-0.3, -0.25) is 14.4 Å². The number of fused-ring (bicyclic) bond motifs is 4. The van der Waals surface area contributed by atoms with Gasteiger partial charge in [-0.1, -0.05) is 20.8 Å². The Labute approximate surface area is 215 Å². The lowest BCUT2D eigenvalue weighted by atomic mass is 9.38. The van der Waals surface area contributed by atoms with Crippen LogP contribution in [-0.2, 0) is 38.1 Å². The van der Waals surface area contributed by atoms with Gasteiger partial charge in [0.25, 0.3) is 0 Å². The maximum Gasteiger partial charge on any atom is 0.333 e. The summed E-state index contributed by atoms with van der Waals surface area (Å²) in [6, 6.07) is 0. The largest absolute Gasteiger partial charge is 0.462 e. The minimum absolute atomic E-state index is 0.127. The van der Waals surface area contributed by atoms with Crippen molar-refractivity contribution in [3.8, 4) is 0 Å². The number of rotatable bonds is 3. The van der Waals surface area contributed by atoms with Crippen molar-refractivity contribution in [1.82, 2.24) is 0 Å². The Morgan fingerprint density at radius 2 is 1.51 bits per heavy atom. The summed E-state index contributed by atoms with van der Waals surface area (Å²) in [7, 11) is 0. The Bertz CT molecular complexity index is 1080. The standard InChI is InChI=1S/C26H36O11/c1-12(27)34-17-8-9-22(4,5)26(33)21(36-14(3)29)20(35-13(2)28)19-15(23(17,26)6)11-25(32)16(24(19,7)31)10-18(30)37-25/h10,15,17,19-21,31-33H,8-9,11H2,1-7H3/t15?,17-,19?,20+,21-,23-,24+,25+,26+/m0/s1. The van der Waals surface area contributed by atoms with E-state index in [-0.39, 0.29) is 12.0 Å². The fraction of sp³-hybridized carbons (Fsp3) is 0.769. The Morgan fingerprint density at radius 3 is 2.05 bits per heavy atom. The molecule has 3 aliphatic carbocycles. The van der Waals surface area contributed by atoms with Gasteiger partial charge in [-0.2, -0.15) is 0 Å². The van der Waals surface area contributed by atoms with Crippen LogP contribution >= 0.6 is 0 Å². The second-order valence-electron chi connectivity index (χ2n) is 11.9. The third-order valence-electron chi connectivity index (χ3n) is 9.37. The summed E-state index contributed by atoms with van der Waals surface area (Å²) < 4.78 is 22.4. The van der Waals surface area contributed by atoms with Crippen molar-refractivity contribution in [1.29, 1.82) is 0 Å². The SMILES string of the molecule is CC(=O)O[C@@H]1C2C(C[C@@]3(O)OC(=O)C=C3[C@@]2(C)O)[C@@]2(C)[C@@H](OC(C)=O)CCC(C)(C)[C@]2(O)[C@H]1OC(C)=O. The smallest absolute Gasteiger partial charge is 0.333 e. The van der Waals surface area contributed by atoms with E-state index in [2.05, 4.69) is 0 Å². The van der Waals surface area contributed by atoms with Crippen LogP contribution in [0, 0.1) is 22.7 Å². The predicted octanol–water partition coefficient (Wildman–Crippen LogP) is 0.911. The average molecular weight is 525 g/mol. The van der Waals surface area contributed by atoms with E-state index in [0.717, 1.165) is 19.9 Å². The first-order chi connectivity index (χ1) is 16.8. The van der Waals surface area contributed by atoms with E-state index in [0.29, 0.717) is 12.8 Å². The summed E-state index contributed by atoms with van der Waals surface area (Å²) in [4.78, 5) is 49.2. The highest BCUT2D eigenvalue weighted by Crippen LogP contribution is 2.70. The number of ether oxygens (including phenoxy) is 4. The quantitative estimate of drug-likeness (QED) is 0.355. The molecule has 1 heterocycles. The second-order valence-corrected chi connectivity index (χ2v) is 11.9. The first kappa shape index (κ1) is 27.5. The molecule has 0 radical (unpaired) electrons. The number of hydrogen-bond donors (Lipinski definition) is 3. The molecular formula is C26H36O11. The van der Waals surface area contributed by atoms with E-state index in [4.69, 9.17) is 18.9 Å². The van der Waals surface area contributed by atoms with E-state index >= 15 is 0 Å². The number of carbonyl (C=O) groups excluding carboxylic acids is 4. The van der Waals surface area contributed by atoms with E-state index < -0.39 is 81.8 Å². The Kier molecular flexibility index (Phi) is 6.14. The molecule has 0 saturated heterocycles. The van der Waals surface area contributed by atoms with Crippen LogP contribution in [0.1, 0.15) is 67.7 Å². The van der Waals surface area contributed by atoms with Crippen LogP contribution in [0.2, 0.25) is 0 Å². The van der Waals surface area contributed by atoms with Gasteiger partial charge in [0.1, 0.15) is 17.8 Å². The average Bonchev–Trinajstić information content (AvgIpc) is 3.05. The van der Waals surface area contributed by atoms with Crippen molar-refractivity contribution in [2.24, 2.45) is 22.7 Å². The molecule has 11 heteroatoms. The zero-order valence-electron chi connectivity index (χ0n) is 22.2. The molecule has 9 atom stereocenters. The lowest BCUT2D eigenvalue weighted by molar-refractivity contribution is -0.361. The van der Waals surface area contributed by atoms with Gasteiger partial charge in [0.15, 0.2) is 6.10 Å². The highest BCUT2D eigenvalue weighted by molar-refractivity contribution is 5.87. The van der Waals surface area contributed by atoms with Gasteiger partial charge < -0.3 is 34.3 Å². The third kappa shape index (κ3) is 3.64. The maximum absolute atomic E-state index is 12.8. The second kappa shape index (κ2) is 8.25. The van der Waals surface area contributed by atoms with E-state index in [1.807, 2.05) is 0 Å². The summed E-state index contributed by atoms with van der Waals surface area (Å²) in [6.45, 7) is 10.1. The molecule has 0 spiro atoms. The van der Waals surface area contributed by atoms with Crippen LogP contribution in [0.3, 0.4) is 0 Å². The summed E-state index contributed by atoms with van der Waals surface area (Å²) in [5, 5.41) is 36.2. The van der Waals surface area contributed by atoms with Crippen LogP contribution < -0.4 is 0 Å². The fourth-order valence-electron chi connectivity index (χ4n) is 7.94. The monoisotopic (exact) mass is 524 g/mol. The molecule has 206 valence electrons. The van der Waals surface area contributed by atoms with Crippen LogP contribution in [0.15, 0.2) is 11.6 Å². The molecule has 37 heavy (non-hydrogen) atoms. The molecular weight excluding hydrogens is 488 g/mol. The molecule has 4 aliphatic rings. The van der Waals surface area contributed by atoms with Gasteiger partial charge in [-0.25, -0.2) is 4.79 Å². The summed E-state index contributed by atoms with van der Waals surface area (Å²) >= 11 is 0. The number of esters is 4. The molecule has 0 aromatic heterocycles. The van der Waals surface area contributed by atoms with Crippen LogP contribution in [0.25, 0.3) is 0 Å². The zero-order valence-corrected chi connectivity index (χ0v) is 22.2. The minimum Gasteiger partial charge on any atom is -0.462 e. The summed E-state index contributed by atoms with van der Waals surface area (Å²) in [5.74, 6) is -7.22. The highest BCUT2D eigenvalue weighted by Gasteiger charge is 2.80.